The van der Waals surface area contributed by atoms with E-state index in [2.05, 4.69) is 11.9 Å². The van der Waals surface area contributed by atoms with E-state index < -0.39 is 0 Å². The van der Waals surface area contributed by atoms with Crippen molar-refractivity contribution in [2.45, 2.75) is 13.3 Å². The molecule has 0 saturated heterocycles. The number of hydrogen-bond acceptors (Lipinski definition) is 2. The molecule has 0 aliphatic carbocycles. The van der Waals surface area contributed by atoms with Crippen molar-refractivity contribution in [3.63, 3.8) is 0 Å². The lowest BCUT2D eigenvalue weighted by atomic mass is 10.3. The quantitative estimate of drug-likeness (QED) is 0.573. The van der Waals surface area contributed by atoms with Gasteiger partial charge in [-0.3, -0.25) is 0 Å². The van der Waals surface area contributed by atoms with Gasteiger partial charge in [-0.2, -0.15) is 0 Å². The molecule has 1 aromatic carbocycles. The topological polar surface area (TPSA) is 21.3 Å². The molecule has 1 aromatic rings. The van der Waals surface area contributed by atoms with E-state index in [1.165, 1.54) is 6.07 Å². The summed E-state index contributed by atoms with van der Waals surface area (Å²) >= 11 is 0. The Bertz CT molecular complexity index is 325. The average molecular weight is 209 g/mol. The van der Waals surface area contributed by atoms with Crippen LogP contribution in [0.5, 0.6) is 5.75 Å². The van der Waals surface area contributed by atoms with E-state index in [9.17, 15) is 4.39 Å². The fraction of sp³-hybridized carbons (Fsp3) is 0.333. The Balaban J connectivity index is 2.60. The van der Waals surface area contributed by atoms with E-state index in [1.54, 1.807) is 12.1 Å². The number of benzene rings is 1. The smallest absolute Gasteiger partial charge is 0.167 e. The Labute approximate surface area is 89.8 Å². The molecule has 0 spiro atoms. The maximum atomic E-state index is 13.4. The molecule has 82 valence electrons. The summed E-state index contributed by atoms with van der Waals surface area (Å²) in [5.74, 6) is -0.0350. The first-order chi connectivity index (χ1) is 7.27. The molecule has 0 saturated carbocycles. The lowest BCUT2D eigenvalue weighted by Gasteiger charge is -2.08. The second-order valence-corrected chi connectivity index (χ2v) is 3.08. The average Bonchev–Trinajstić information content (AvgIpc) is 2.23. The monoisotopic (exact) mass is 209 g/mol. The molecule has 2 nitrogen and oxygen atoms in total. The molecule has 0 amide bonds. The third-order valence-electron chi connectivity index (χ3n) is 1.91. The SMILES string of the molecule is C=CCCNc1ccc(OCC)c(F)c1. The first kappa shape index (κ1) is 11.6. The molecule has 3 heteroatoms. The van der Waals surface area contributed by atoms with Crippen LogP contribution in [0.15, 0.2) is 30.9 Å². The standard InChI is InChI=1S/C12H16FNO/c1-3-5-8-14-10-6-7-12(15-4-2)11(13)9-10/h3,6-7,9,14H,1,4-5,8H2,2H3. The zero-order valence-electron chi connectivity index (χ0n) is 8.92. The first-order valence-electron chi connectivity index (χ1n) is 5.05. The lowest BCUT2D eigenvalue weighted by Crippen LogP contribution is -2.01. The molecule has 1 rings (SSSR count). The molecule has 15 heavy (non-hydrogen) atoms. The number of rotatable bonds is 6. The number of anilines is 1. The van der Waals surface area contributed by atoms with Gasteiger partial charge < -0.3 is 10.1 Å². The van der Waals surface area contributed by atoms with Gasteiger partial charge in [0.2, 0.25) is 0 Å². The van der Waals surface area contributed by atoms with Crippen molar-refractivity contribution in [1.29, 1.82) is 0 Å². The van der Waals surface area contributed by atoms with E-state index in [1.807, 2.05) is 13.0 Å². The van der Waals surface area contributed by atoms with Gasteiger partial charge in [0.15, 0.2) is 11.6 Å². The molecule has 0 radical (unpaired) electrons. The van der Waals surface area contributed by atoms with Crippen LogP contribution in [0.4, 0.5) is 10.1 Å². The van der Waals surface area contributed by atoms with Gasteiger partial charge in [0.05, 0.1) is 6.61 Å². The molecule has 0 bridgehead atoms. The predicted octanol–water partition coefficient (Wildman–Crippen LogP) is 3.21. The molecular weight excluding hydrogens is 193 g/mol. The van der Waals surface area contributed by atoms with Crippen LogP contribution in [0.2, 0.25) is 0 Å². The summed E-state index contributed by atoms with van der Waals surface area (Å²) in [4.78, 5) is 0. The zero-order valence-corrected chi connectivity index (χ0v) is 8.92. The molecule has 0 unspecified atom stereocenters. The maximum absolute atomic E-state index is 13.4. The highest BCUT2D eigenvalue weighted by molar-refractivity contribution is 5.47. The number of hydrogen-bond donors (Lipinski definition) is 1. The van der Waals surface area contributed by atoms with Crippen LogP contribution in [0.25, 0.3) is 0 Å². The summed E-state index contributed by atoms with van der Waals surface area (Å²) in [6, 6.07) is 4.88. The Morgan fingerprint density at radius 1 is 1.53 bits per heavy atom. The largest absolute Gasteiger partial charge is 0.491 e. The number of halogens is 1. The van der Waals surface area contributed by atoms with Gasteiger partial charge in [-0.15, -0.1) is 6.58 Å². The normalized spacial score (nSPS) is 9.73. The Morgan fingerprint density at radius 3 is 2.93 bits per heavy atom. The maximum Gasteiger partial charge on any atom is 0.167 e. The molecule has 1 N–H and O–H groups in total. The van der Waals surface area contributed by atoms with Crippen molar-refractivity contribution in [2.24, 2.45) is 0 Å². The van der Waals surface area contributed by atoms with Crippen molar-refractivity contribution < 1.29 is 9.13 Å². The zero-order chi connectivity index (χ0) is 11.1. The summed E-state index contributed by atoms with van der Waals surface area (Å²) < 4.78 is 18.5. The minimum Gasteiger partial charge on any atom is -0.491 e. The molecule has 0 aliphatic heterocycles. The number of ether oxygens (including phenoxy) is 1. The summed E-state index contributed by atoms with van der Waals surface area (Å²) in [5, 5.41) is 3.09. The van der Waals surface area contributed by atoms with Gasteiger partial charge in [0.1, 0.15) is 0 Å². The first-order valence-corrected chi connectivity index (χ1v) is 5.05. The van der Waals surface area contributed by atoms with Gasteiger partial charge >= 0.3 is 0 Å². The summed E-state index contributed by atoms with van der Waals surface area (Å²) in [6.07, 6.45) is 2.67. The molecular formula is C12H16FNO. The van der Waals surface area contributed by atoms with Gasteiger partial charge in [0.25, 0.3) is 0 Å². The molecule has 0 aliphatic rings. The Kier molecular flexibility index (Phi) is 4.68. The molecule has 0 aromatic heterocycles. The van der Waals surface area contributed by atoms with Crippen molar-refractivity contribution >= 4 is 5.69 Å². The van der Waals surface area contributed by atoms with Gasteiger partial charge in [-0.25, -0.2) is 4.39 Å². The highest BCUT2D eigenvalue weighted by atomic mass is 19.1. The summed E-state index contributed by atoms with van der Waals surface area (Å²) in [7, 11) is 0. The van der Waals surface area contributed by atoms with Gasteiger partial charge in [-0.05, 0) is 25.5 Å². The Morgan fingerprint density at radius 2 is 2.33 bits per heavy atom. The van der Waals surface area contributed by atoms with Crippen molar-refractivity contribution in [3.8, 4) is 5.75 Å². The minimum atomic E-state index is -0.333. The van der Waals surface area contributed by atoms with Crippen molar-refractivity contribution in [3.05, 3.63) is 36.7 Å². The lowest BCUT2D eigenvalue weighted by molar-refractivity contribution is 0.321. The van der Waals surface area contributed by atoms with Crippen LogP contribution in [0.3, 0.4) is 0 Å². The third kappa shape index (κ3) is 3.62. The fourth-order valence-electron chi connectivity index (χ4n) is 1.20. The Hall–Kier alpha value is -1.51. The van der Waals surface area contributed by atoms with Crippen LogP contribution >= 0.6 is 0 Å². The van der Waals surface area contributed by atoms with Crippen molar-refractivity contribution in [1.82, 2.24) is 0 Å². The van der Waals surface area contributed by atoms with E-state index in [4.69, 9.17) is 4.74 Å². The number of nitrogens with one attached hydrogen (secondary N) is 1. The second kappa shape index (κ2) is 6.06. The predicted molar refractivity (Wildman–Crippen MR) is 60.9 cm³/mol. The summed E-state index contributed by atoms with van der Waals surface area (Å²) in [5.41, 5.74) is 0.762. The second-order valence-electron chi connectivity index (χ2n) is 3.08. The molecule has 0 fully saturated rings. The van der Waals surface area contributed by atoms with E-state index in [0.717, 1.165) is 18.7 Å². The highest BCUT2D eigenvalue weighted by Crippen LogP contribution is 2.20. The van der Waals surface area contributed by atoms with Crippen LogP contribution in [0, 0.1) is 5.82 Å². The van der Waals surface area contributed by atoms with Crippen LogP contribution < -0.4 is 10.1 Å². The van der Waals surface area contributed by atoms with Crippen LogP contribution in [0.1, 0.15) is 13.3 Å². The fourth-order valence-corrected chi connectivity index (χ4v) is 1.20. The van der Waals surface area contributed by atoms with Crippen LogP contribution in [-0.4, -0.2) is 13.2 Å². The third-order valence-corrected chi connectivity index (χ3v) is 1.91. The highest BCUT2D eigenvalue weighted by Gasteiger charge is 2.03. The van der Waals surface area contributed by atoms with E-state index in [0.29, 0.717) is 12.4 Å². The van der Waals surface area contributed by atoms with Crippen LogP contribution in [-0.2, 0) is 0 Å². The van der Waals surface area contributed by atoms with Gasteiger partial charge in [0, 0.05) is 18.3 Å². The summed E-state index contributed by atoms with van der Waals surface area (Å²) in [6.45, 7) is 6.68. The van der Waals surface area contributed by atoms with E-state index >= 15 is 0 Å². The van der Waals surface area contributed by atoms with Crippen molar-refractivity contribution in [2.75, 3.05) is 18.5 Å². The minimum absolute atomic E-state index is 0.298. The molecule has 0 atom stereocenters. The van der Waals surface area contributed by atoms with E-state index in [-0.39, 0.29) is 5.82 Å². The molecule has 0 heterocycles. The van der Waals surface area contributed by atoms with Gasteiger partial charge in [-0.1, -0.05) is 6.08 Å².